The Labute approximate surface area is 185 Å². The van der Waals surface area contributed by atoms with Gasteiger partial charge >= 0.3 is 5.97 Å². The molecule has 0 fully saturated rings. The highest BCUT2D eigenvalue weighted by Crippen LogP contribution is 2.51. The molecule has 2 aliphatic rings. The highest BCUT2D eigenvalue weighted by atomic mass is 16.5. The summed E-state index contributed by atoms with van der Waals surface area (Å²) in [5.74, 6) is -9.62. The van der Waals surface area contributed by atoms with E-state index >= 15 is 0 Å². The van der Waals surface area contributed by atoms with Gasteiger partial charge in [-0.25, -0.2) is 4.79 Å². The minimum Gasteiger partial charge on any atom is -0.508 e. The maximum Gasteiger partial charge on any atom is 0.335 e. The third-order valence-corrected chi connectivity index (χ3v) is 5.81. The number of aromatic hydroxyl groups is 4. The summed E-state index contributed by atoms with van der Waals surface area (Å²) in [7, 11) is 0. The molecule has 1 heterocycles. The third-order valence-electron chi connectivity index (χ3n) is 5.81. The highest BCUT2D eigenvalue weighted by molar-refractivity contribution is 5.92. The van der Waals surface area contributed by atoms with Crippen molar-refractivity contribution < 1.29 is 55.5 Å². The first-order chi connectivity index (χ1) is 15.4. The van der Waals surface area contributed by atoms with Crippen molar-refractivity contribution in [2.24, 2.45) is 5.92 Å². The molecule has 4 rings (SSSR count). The number of ether oxygens (including phenoxy) is 1. The van der Waals surface area contributed by atoms with Crippen molar-refractivity contribution in [1.29, 1.82) is 0 Å². The molecule has 0 saturated heterocycles. The summed E-state index contributed by atoms with van der Waals surface area (Å²) in [5, 5.41) is 92.1. The van der Waals surface area contributed by atoms with Crippen LogP contribution in [0.3, 0.4) is 0 Å². The molecule has 2 atom stereocenters. The van der Waals surface area contributed by atoms with E-state index in [-0.39, 0.29) is 18.8 Å². The molecule has 2 aromatic rings. The molecule has 2 aromatic carbocycles. The second-order valence-electron chi connectivity index (χ2n) is 7.93. The van der Waals surface area contributed by atoms with E-state index in [0.29, 0.717) is 17.4 Å². The lowest BCUT2D eigenvalue weighted by Gasteiger charge is -2.42. The van der Waals surface area contributed by atoms with Gasteiger partial charge in [0.15, 0.2) is 23.0 Å². The molecule has 11 nitrogen and oxygen atoms in total. The van der Waals surface area contributed by atoms with Crippen LogP contribution in [0.25, 0.3) is 0 Å². The summed E-state index contributed by atoms with van der Waals surface area (Å²) in [4.78, 5) is 12.1. The molecule has 0 spiro atoms. The Bertz CT molecular complexity index is 1200. The standard InChI is InChI=1S/C22H20O11/c23-12-2-1-9-3-10(8-33-16(9)6-12)17-19(27)21(30,31)7-13(20(28)29)22(17,32)11-4-14(24)18(26)15(25)5-11/h1-2,4-7,10,23-27,30-32H,3,8H2,(H,28,29). The van der Waals surface area contributed by atoms with Crippen LogP contribution in [0.1, 0.15) is 11.1 Å². The minimum atomic E-state index is -3.16. The molecule has 33 heavy (non-hydrogen) atoms. The molecule has 9 N–H and O–H groups in total. The zero-order valence-corrected chi connectivity index (χ0v) is 16.8. The van der Waals surface area contributed by atoms with E-state index in [2.05, 4.69) is 0 Å². The number of hydrogen-bond acceptors (Lipinski definition) is 10. The topological polar surface area (TPSA) is 208 Å². The number of carboxylic acids is 1. The largest absolute Gasteiger partial charge is 0.508 e. The van der Waals surface area contributed by atoms with Crippen LogP contribution in [0.15, 0.2) is 53.3 Å². The van der Waals surface area contributed by atoms with Crippen LogP contribution in [-0.4, -0.2) is 64.3 Å². The van der Waals surface area contributed by atoms with Crippen molar-refractivity contribution in [3.8, 4) is 28.7 Å². The summed E-state index contributed by atoms with van der Waals surface area (Å²) in [5.41, 5.74) is -4.29. The maximum absolute atomic E-state index is 12.1. The Morgan fingerprint density at radius 2 is 1.61 bits per heavy atom. The zero-order chi connectivity index (χ0) is 24.3. The van der Waals surface area contributed by atoms with Crippen LogP contribution >= 0.6 is 0 Å². The first-order valence-corrected chi connectivity index (χ1v) is 9.64. The van der Waals surface area contributed by atoms with Crippen LogP contribution < -0.4 is 4.74 Å². The fourth-order valence-corrected chi connectivity index (χ4v) is 4.26. The number of aliphatic hydroxyl groups excluding tert-OH is 1. The van der Waals surface area contributed by atoms with E-state index in [1.807, 2.05) is 0 Å². The van der Waals surface area contributed by atoms with Crippen LogP contribution in [0.4, 0.5) is 0 Å². The molecule has 11 heteroatoms. The predicted molar refractivity (Wildman–Crippen MR) is 109 cm³/mol. The molecule has 174 valence electrons. The molecule has 1 aliphatic heterocycles. The van der Waals surface area contributed by atoms with E-state index in [9.17, 15) is 50.8 Å². The van der Waals surface area contributed by atoms with E-state index in [1.165, 1.54) is 18.2 Å². The number of phenols is 4. The summed E-state index contributed by atoms with van der Waals surface area (Å²) >= 11 is 0. The van der Waals surface area contributed by atoms with Gasteiger partial charge in [0.2, 0.25) is 5.79 Å². The Hall–Kier alpha value is -3.93. The van der Waals surface area contributed by atoms with Crippen LogP contribution in [0.2, 0.25) is 0 Å². The van der Waals surface area contributed by atoms with Crippen molar-refractivity contribution >= 4 is 5.97 Å². The van der Waals surface area contributed by atoms with Gasteiger partial charge in [-0.15, -0.1) is 0 Å². The van der Waals surface area contributed by atoms with Gasteiger partial charge in [0, 0.05) is 23.1 Å². The fourth-order valence-electron chi connectivity index (χ4n) is 4.26. The van der Waals surface area contributed by atoms with Gasteiger partial charge in [0.25, 0.3) is 0 Å². The Morgan fingerprint density at radius 1 is 0.970 bits per heavy atom. The van der Waals surface area contributed by atoms with E-state index < -0.39 is 63.0 Å². The van der Waals surface area contributed by atoms with Crippen molar-refractivity contribution in [1.82, 2.24) is 0 Å². The van der Waals surface area contributed by atoms with E-state index in [4.69, 9.17) is 4.74 Å². The van der Waals surface area contributed by atoms with Gasteiger partial charge in [-0.3, -0.25) is 0 Å². The average molecular weight is 460 g/mol. The second-order valence-corrected chi connectivity index (χ2v) is 7.93. The van der Waals surface area contributed by atoms with Crippen molar-refractivity contribution in [2.45, 2.75) is 17.8 Å². The lowest BCUT2D eigenvalue weighted by atomic mass is 9.68. The molecular weight excluding hydrogens is 440 g/mol. The number of carboxylic acid groups (broad SMARTS) is 1. The van der Waals surface area contributed by atoms with Gasteiger partial charge in [0.05, 0.1) is 12.2 Å². The summed E-state index contributed by atoms with van der Waals surface area (Å²) in [6, 6.07) is 5.77. The fraction of sp³-hybridized carbons (Fsp3) is 0.227. The van der Waals surface area contributed by atoms with Crippen molar-refractivity contribution in [3.63, 3.8) is 0 Å². The molecule has 2 unspecified atom stereocenters. The first kappa shape index (κ1) is 22.3. The number of aliphatic carboxylic acids is 1. The number of hydrogen-bond donors (Lipinski definition) is 9. The quantitative estimate of drug-likeness (QED) is 0.227. The van der Waals surface area contributed by atoms with Crippen molar-refractivity contribution in [3.05, 3.63) is 64.4 Å². The SMILES string of the molecule is O=C(O)C1=CC(O)(O)C(O)=C(C2COc3cc(O)ccc3C2)C1(O)c1cc(O)c(O)c(O)c1. The van der Waals surface area contributed by atoms with Gasteiger partial charge in [-0.05, 0) is 36.3 Å². The maximum atomic E-state index is 12.1. The molecule has 0 radical (unpaired) electrons. The summed E-state index contributed by atoms with van der Waals surface area (Å²) < 4.78 is 5.59. The van der Waals surface area contributed by atoms with E-state index in [0.717, 1.165) is 12.1 Å². The number of benzene rings is 2. The van der Waals surface area contributed by atoms with Gasteiger partial charge in [0.1, 0.15) is 17.1 Å². The third kappa shape index (κ3) is 3.39. The molecular formula is C22H20O11. The molecule has 0 aromatic heterocycles. The first-order valence-electron chi connectivity index (χ1n) is 9.64. The number of phenolic OH excluding ortho intramolecular Hbond substituents is 4. The number of fused-ring (bicyclic) bond motifs is 1. The predicted octanol–water partition coefficient (Wildman–Crippen LogP) is 0.465. The highest BCUT2D eigenvalue weighted by Gasteiger charge is 2.54. The van der Waals surface area contributed by atoms with Crippen molar-refractivity contribution in [2.75, 3.05) is 6.61 Å². The lowest BCUT2D eigenvalue weighted by Crippen LogP contribution is -2.48. The second kappa shape index (κ2) is 7.30. The van der Waals surface area contributed by atoms with Crippen LogP contribution in [-0.2, 0) is 16.8 Å². The van der Waals surface area contributed by atoms with Gasteiger partial charge in [-0.2, -0.15) is 0 Å². The molecule has 1 aliphatic carbocycles. The van der Waals surface area contributed by atoms with Crippen LogP contribution in [0.5, 0.6) is 28.7 Å². The van der Waals surface area contributed by atoms with E-state index in [1.54, 1.807) is 0 Å². The monoisotopic (exact) mass is 460 g/mol. The lowest BCUT2D eigenvalue weighted by molar-refractivity contribution is -0.141. The molecule has 0 amide bonds. The number of rotatable bonds is 3. The minimum absolute atomic E-state index is 0.0242. The van der Waals surface area contributed by atoms with Crippen LogP contribution in [0, 0.1) is 5.92 Å². The molecule has 0 saturated carbocycles. The smallest absolute Gasteiger partial charge is 0.335 e. The normalized spacial score (nSPS) is 24.0. The van der Waals surface area contributed by atoms with Gasteiger partial charge in [-0.1, -0.05) is 6.07 Å². The Balaban J connectivity index is 1.95. The summed E-state index contributed by atoms with van der Waals surface area (Å²) in [6.45, 7) is -0.267. The van der Waals surface area contributed by atoms with Gasteiger partial charge < -0.3 is 50.7 Å². The molecule has 0 bridgehead atoms. The zero-order valence-electron chi connectivity index (χ0n) is 16.8. The Morgan fingerprint density at radius 3 is 2.21 bits per heavy atom. The number of carbonyl (C=O) groups is 1. The summed E-state index contributed by atoms with van der Waals surface area (Å²) in [6.07, 6.45) is 0.348. The Kier molecular flexibility index (Phi) is 4.93. The average Bonchev–Trinajstić information content (AvgIpc) is 2.74. The number of aliphatic hydroxyl groups is 4.